The summed E-state index contributed by atoms with van der Waals surface area (Å²) < 4.78 is 33.3. The molecule has 3 rings (SSSR count). The number of hydrogen-bond acceptors (Lipinski definition) is 4. The minimum atomic E-state index is -3.97. The number of halogens is 1. The van der Waals surface area contributed by atoms with Gasteiger partial charge in [-0.05, 0) is 56.0 Å². The second kappa shape index (κ2) is 9.27. The molecule has 0 aliphatic carbocycles. The van der Waals surface area contributed by atoms with Gasteiger partial charge in [-0.3, -0.25) is 9.10 Å². The largest absolute Gasteiger partial charge is 0.495 e. The van der Waals surface area contributed by atoms with Crippen LogP contribution >= 0.6 is 11.6 Å². The van der Waals surface area contributed by atoms with Crippen LogP contribution in [0.2, 0.25) is 5.02 Å². The van der Waals surface area contributed by atoms with Gasteiger partial charge in [-0.1, -0.05) is 36.2 Å². The summed E-state index contributed by atoms with van der Waals surface area (Å²) in [5.74, 6) is 0.619. The fourth-order valence-electron chi connectivity index (χ4n) is 3.60. The SMILES string of the molecule is COc1ccc(N(CC(=O)N2CCCC(C)C2)S(=O)(=O)c2ccc(C)cc2)cc1Cl. The van der Waals surface area contributed by atoms with Crippen molar-refractivity contribution in [3.63, 3.8) is 0 Å². The smallest absolute Gasteiger partial charge is 0.264 e. The van der Waals surface area contributed by atoms with Crippen molar-refractivity contribution in [2.24, 2.45) is 5.92 Å². The van der Waals surface area contributed by atoms with E-state index in [0.717, 1.165) is 22.7 Å². The number of rotatable bonds is 6. The lowest BCUT2D eigenvalue weighted by Crippen LogP contribution is -2.46. The van der Waals surface area contributed by atoms with Crippen LogP contribution in [0.15, 0.2) is 47.4 Å². The van der Waals surface area contributed by atoms with Crippen molar-refractivity contribution in [2.75, 3.05) is 31.0 Å². The molecule has 0 N–H and O–H groups in total. The Balaban J connectivity index is 1.99. The molecular weight excluding hydrogens is 424 g/mol. The molecule has 30 heavy (non-hydrogen) atoms. The van der Waals surface area contributed by atoms with E-state index in [1.807, 2.05) is 6.92 Å². The molecule has 0 bridgehead atoms. The van der Waals surface area contributed by atoms with Crippen molar-refractivity contribution < 1.29 is 17.9 Å². The van der Waals surface area contributed by atoms with Gasteiger partial charge in [0, 0.05) is 13.1 Å². The van der Waals surface area contributed by atoms with Gasteiger partial charge in [-0.25, -0.2) is 8.42 Å². The van der Waals surface area contributed by atoms with Gasteiger partial charge >= 0.3 is 0 Å². The van der Waals surface area contributed by atoms with E-state index >= 15 is 0 Å². The van der Waals surface area contributed by atoms with Crippen molar-refractivity contribution in [1.29, 1.82) is 0 Å². The normalized spacial score (nSPS) is 16.9. The summed E-state index contributed by atoms with van der Waals surface area (Å²) in [4.78, 5) is 14.9. The Morgan fingerprint density at radius 2 is 1.93 bits per heavy atom. The molecule has 2 aromatic carbocycles. The van der Waals surface area contributed by atoms with Crippen LogP contribution in [0.5, 0.6) is 5.75 Å². The maximum Gasteiger partial charge on any atom is 0.264 e. The van der Waals surface area contributed by atoms with Crippen molar-refractivity contribution in [1.82, 2.24) is 4.90 Å². The van der Waals surface area contributed by atoms with Crippen LogP contribution < -0.4 is 9.04 Å². The highest BCUT2D eigenvalue weighted by atomic mass is 35.5. The number of carbonyl (C=O) groups excluding carboxylic acids is 1. The van der Waals surface area contributed by atoms with Gasteiger partial charge in [0.25, 0.3) is 10.0 Å². The summed E-state index contributed by atoms with van der Waals surface area (Å²) in [6.45, 7) is 4.99. The van der Waals surface area contributed by atoms with Gasteiger partial charge in [0.05, 0.1) is 22.7 Å². The Kier molecular flexibility index (Phi) is 6.93. The fourth-order valence-corrected chi connectivity index (χ4v) is 5.26. The van der Waals surface area contributed by atoms with Gasteiger partial charge in [0.15, 0.2) is 0 Å². The first-order valence-corrected chi connectivity index (χ1v) is 11.7. The Labute approximate surface area is 183 Å². The monoisotopic (exact) mass is 450 g/mol. The predicted molar refractivity (Wildman–Crippen MR) is 119 cm³/mol. The number of hydrogen-bond donors (Lipinski definition) is 0. The molecule has 1 fully saturated rings. The number of aryl methyl sites for hydroxylation is 1. The van der Waals surface area contributed by atoms with Gasteiger partial charge in [0.2, 0.25) is 5.91 Å². The first-order chi connectivity index (χ1) is 14.2. The molecule has 0 spiro atoms. The number of sulfonamides is 1. The Bertz CT molecular complexity index is 1010. The summed E-state index contributed by atoms with van der Waals surface area (Å²) in [5, 5.41) is 0.276. The quantitative estimate of drug-likeness (QED) is 0.664. The molecule has 1 unspecified atom stereocenters. The average Bonchev–Trinajstić information content (AvgIpc) is 2.72. The number of ether oxygens (including phenoxy) is 1. The van der Waals surface area contributed by atoms with Crippen LogP contribution in [0.3, 0.4) is 0 Å². The second-order valence-corrected chi connectivity index (χ2v) is 10.0. The van der Waals surface area contributed by atoms with Crippen LogP contribution in [0.4, 0.5) is 5.69 Å². The van der Waals surface area contributed by atoms with Crippen LogP contribution in [0.25, 0.3) is 0 Å². The maximum atomic E-state index is 13.5. The fraction of sp³-hybridized carbons (Fsp3) is 0.409. The van der Waals surface area contributed by atoms with Gasteiger partial charge < -0.3 is 9.64 Å². The standard InChI is InChI=1S/C22H27ClN2O4S/c1-16-6-9-19(10-7-16)30(27,28)25(18-8-11-21(29-3)20(23)13-18)15-22(26)24-12-4-5-17(2)14-24/h6-11,13,17H,4-5,12,14-15H2,1-3H3. The molecular formula is C22H27ClN2O4S. The molecule has 1 amide bonds. The van der Waals surface area contributed by atoms with Crippen LogP contribution in [0, 0.1) is 12.8 Å². The molecule has 162 valence electrons. The first-order valence-electron chi connectivity index (χ1n) is 9.93. The second-order valence-electron chi connectivity index (χ2n) is 7.73. The molecule has 0 saturated carbocycles. The van der Waals surface area contributed by atoms with E-state index in [1.54, 1.807) is 41.3 Å². The highest BCUT2D eigenvalue weighted by Gasteiger charge is 2.30. The number of amides is 1. The summed E-state index contributed by atoms with van der Waals surface area (Å²) >= 11 is 6.25. The van der Waals surface area contributed by atoms with Gasteiger partial charge in [-0.15, -0.1) is 0 Å². The lowest BCUT2D eigenvalue weighted by atomic mass is 10.0. The number of nitrogens with zero attached hydrogens (tertiary/aromatic N) is 2. The van der Waals surface area contributed by atoms with E-state index < -0.39 is 10.0 Å². The zero-order chi connectivity index (χ0) is 21.9. The van der Waals surface area contributed by atoms with E-state index in [4.69, 9.17) is 16.3 Å². The van der Waals surface area contributed by atoms with Crippen molar-refractivity contribution in [3.05, 3.63) is 53.1 Å². The van der Waals surface area contributed by atoms with E-state index in [2.05, 4.69) is 6.92 Å². The van der Waals surface area contributed by atoms with E-state index in [9.17, 15) is 13.2 Å². The van der Waals surface area contributed by atoms with E-state index in [-0.39, 0.29) is 22.4 Å². The zero-order valence-electron chi connectivity index (χ0n) is 17.5. The molecule has 1 saturated heterocycles. The highest BCUT2D eigenvalue weighted by Crippen LogP contribution is 2.32. The number of methoxy groups -OCH3 is 1. The average molecular weight is 451 g/mol. The van der Waals surface area contributed by atoms with Crippen LogP contribution in [-0.4, -0.2) is 46.0 Å². The van der Waals surface area contributed by atoms with Gasteiger partial charge in [-0.2, -0.15) is 0 Å². The molecule has 1 heterocycles. The summed E-state index contributed by atoms with van der Waals surface area (Å²) in [5.41, 5.74) is 1.27. The lowest BCUT2D eigenvalue weighted by molar-refractivity contribution is -0.131. The van der Waals surface area contributed by atoms with Crippen molar-refractivity contribution in [2.45, 2.75) is 31.6 Å². The molecule has 6 nitrogen and oxygen atoms in total. The van der Waals surface area contributed by atoms with Crippen molar-refractivity contribution in [3.8, 4) is 5.75 Å². The third kappa shape index (κ3) is 4.90. The number of piperidine rings is 1. The van der Waals surface area contributed by atoms with Gasteiger partial charge in [0.1, 0.15) is 12.3 Å². The van der Waals surface area contributed by atoms with Crippen LogP contribution in [0.1, 0.15) is 25.3 Å². The van der Waals surface area contributed by atoms with Crippen molar-refractivity contribution >= 4 is 33.2 Å². The molecule has 8 heteroatoms. The number of carbonyl (C=O) groups is 1. The molecule has 0 radical (unpaired) electrons. The maximum absolute atomic E-state index is 13.5. The lowest BCUT2D eigenvalue weighted by Gasteiger charge is -2.33. The molecule has 1 atom stereocenters. The minimum Gasteiger partial charge on any atom is -0.495 e. The molecule has 1 aliphatic rings. The van der Waals surface area contributed by atoms with Crippen LogP contribution in [-0.2, 0) is 14.8 Å². The molecule has 0 aromatic heterocycles. The minimum absolute atomic E-state index is 0.125. The number of anilines is 1. The Hall–Kier alpha value is -2.25. The summed E-state index contributed by atoms with van der Waals surface area (Å²) in [7, 11) is -2.48. The van der Waals surface area contributed by atoms with E-state index in [0.29, 0.717) is 30.4 Å². The first kappa shape index (κ1) is 22.4. The zero-order valence-corrected chi connectivity index (χ0v) is 19.0. The third-order valence-electron chi connectivity index (χ3n) is 5.32. The Morgan fingerprint density at radius 1 is 1.23 bits per heavy atom. The molecule has 1 aliphatic heterocycles. The Morgan fingerprint density at radius 3 is 2.53 bits per heavy atom. The number of likely N-dealkylation sites (tertiary alicyclic amines) is 1. The highest BCUT2D eigenvalue weighted by molar-refractivity contribution is 7.92. The summed E-state index contributed by atoms with van der Waals surface area (Å²) in [6, 6.07) is 11.3. The molecule has 2 aromatic rings. The number of benzene rings is 2. The topological polar surface area (TPSA) is 66.9 Å². The third-order valence-corrected chi connectivity index (χ3v) is 7.40. The predicted octanol–water partition coefficient (Wildman–Crippen LogP) is 4.11. The van der Waals surface area contributed by atoms with E-state index in [1.165, 1.54) is 13.2 Å². The summed E-state index contributed by atoms with van der Waals surface area (Å²) in [6.07, 6.45) is 2.00.